The number of amides is 1. The minimum atomic E-state index is -0.647. The van der Waals surface area contributed by atoms with Gasteiger partial charge in [-0.15, -0.1) is 0 Å². The molecular weight excluding hydrogens is 462 g/mol. The summed E-state index contributed by atoms with van der Waals surface area (Å²) < 4.78 is 12.2. The van der Waals surface area contributed by atoms with Crippen LogP contribution < -0.4 is 15.1 Å². The number of carbonyl (C=O) groups is 1. The SMILES string of the molecule is Cc1ccc(N2C(=O)c3oc4ccc(C)cc4c(=O)c3C2c2cccc(OCc3ccccc3)c2)cc1. The molecular formula is C32H25NO4. The summed E-state index contributed by atoms with van der Waals surface area (Å²) in [4.78, 5) is 29.3. The van der Waals surface area contributed by atoms with Crippen molar-refractivity contribution in [2.45, 2.75) is 26.5 Å². The molecule has 1 aromatic heterocycles. The van der Waals surface area contributed by atoms with Crippen LogP contribution in [0.1, 0.15) is 44.4 Å². The molecule has 0 saturated heterocycles. The molecule has 5 heteroatoms. The van der Waals surface area contributed by atoms with Gasteiger partial charge in [-0.1, -0.05) is 71.8 Å². The van der Waals surface area contributed by atoms with E-state index in [-0.39, 0.29) is 17.1 Å². The number of hydrogen-bond donors (Lipinski definition) is 0. The molecule has 0 fully saturated rings. The molecule has 0 bridgehead atoms. The van der Waals surface area contributed by atoms with Gasteiger partial charge in [-0.25, -0.2) is 0 Å². The largest absolute Gasteiger partial charge is 0.489 e. The van der Waals surface area contributed by atoms with Crippen LogP contribution in [0.3, 0.4) is 0 Å². The fraction of sp³-hybridized carbons (Fsp3) is 0.125. The first-order valence-electron chi connectivity index (χ1n) is 12.2. The van der Waals surface area contributed by atoms with E-state index in [9.17, 15) is 9.59 Å². The highest BCUT2D eigenvalue weighted by Crippen LogP contribution is 2.42. The average Bonchev–Trinajstić information content (AvgIpc) is 3.21. The average molecular weight is 488 g/mol. The van der Waals surface area contributed by atoms with Gasteiger partial charge in [0.25, 0.3) is 5.91 Å². The van der Waals surface area contributed by atoms with Crippen molar-refractivity contribution in [3.63, 3.8) is 0 Å². The van der Waals surface area contributed by atoms with E-state index in [1.54, 1.807) is 11.0 Å². The van der Waals surface area contributed by atoms with Crippen LogP contribution in [0.15, 0.2) is 106 Å². The number of benzene rings is 4. The lowest BCUT2D eigenvalue weighted by Gasteiger charge is -2.25. The van der Waals surface area contributed by atoms with Gasteiger partial charge in [0.15, 0.2) is 5.43 Å². The van der Waals surface area contributed by atoms with Gasteiger partial charge in [-0.3, -0.25) is 14.5 Å². The molecule has 0 spiro atoms. The minimum Gasteiger partial charge on any atom is -0.489 e. The molecule has 0 saturated carbocycles. The second-order valence-electron chi connectivity index (χ2n) is 9.43. The van der Waals surface area contributed by atoms with Crippen LogP contribution in [0.5, 0.6) is 5.75 Å². The molecule has 1 aliphatic heterocycles. The molecule has 1 atom stereocenters. The molecule has 0 N–H and O–H groups in total. The Balaban J connectivity index is 1.50. The minimum absolute atomic E-state index is 0.0857. The van der Waals surface area contributed by atoms with E-state index in [0.29, 0.717) is 34.6 Å². The number of aryl methyl sites for hydroxylation is 2. The van der Waals surface area contributed by atoms with Gasteiger partial charge in [-0.05, 0) is 61.4 Å². The van der Waals surface area contributed by atoms with Crippen LogP contribution >= 0.6 is 0 Å². The Kier molecular flexibility index (Phi) is 5.61. The zero-order valence-corrected chi connectivity index (χ0v) is 20.6. The van der Waals surface area contributed by atoms with Crippen molar-refractivity contribution in [3.8, 4) is 5.75 Å². The highest BCUT2D eigenvalue weighted by Gasteiger charge is 2.43. The maximum atomic E-state index is 13.9. The summed E-state index contributed by atoms with van der Waals surface area (Å²) in [5.41, 5.74) is 5.13. The Morgan fingerprint density at radius 3 is 2.35 bits per heavy atom. The highest BCUT2D eigenvalue weighted by molar-refractivity contribution is 6.10. The lowest BCUT2D eigenvalue weighted by molar-refractivity contribution is 0.0971. The van der Waals surface area contributed by atoms with Crippen LogP contribution in [0.25, 0.3) is 11.0 Å². The molecule has 182 valence electrons. The van der Waals surface area contributed by atoms with E-state index in [1.807, 2.05) is 105 Å². The Labute approximate surface area is 214 Å². The topological polar surface area (TPSA) is 59.8 Å². The van der Waals surface area contributed by atoms with Crippen molar-refractivity contribution >= 4 is 22.6 Å². The van der Waals surface area contributed by atoms with Crippen molar-refractivity contribution in [1.29, 1.82) is 0 Å². The van der Waals surface area contributed by atoms with Crippen LogP contribution in [0.4, 0.5) is 5.69 Å². The van der Waals surface area contributed by atoms with Gasteiger partial charge in [0.05, 0.1) is 17.0 Å². The monoisotopic (exact) mass is 487 g/mol. The Morgan fingerprint density at radius 2 is 1.57 bits per heavy atom. The summed E-state index contributed by atoms with van der Waals surface area (Å²) in [7, 11) is 0. The molecule has 4 aromatic carbocycles. The Bertz CT molecular complexity index is 1690. The quantitative estimate of drug-likeness (QED) is 0.276. The molecule has 1 unspecified atom stereocenters. The fourth-order valence-electron chi connectivity index (χ4n) is 4.89. The third kappa shape index (κ3) is 4.08. The number of hydrogen-bond acceptors (Lipinski definition) is 4. The molecule has 6 rings (SSSR count). The maximum Gasteiger partial charge on any atom is 0.295 e. The third-order valence-corrected chi connectivity index (χ3v) is 6.76. The number of rotatable bonds is 5. The number of carbonyl (C=O) groups excluding carboxylic acids is 1. The lowest BCUT2D eigenvalue weighted by Crippen LogP contribution is -2.29. The third-order valence-electron chi connectivity index (χ3n) is 6.76. The first-order valence-corrected chi connectivity index (χ1v) is 12.2. The summed E-state index contributed by atoms with van der Waals surface area (Å²) >= 11 is 0. The fourth-order valence-corrected chi connectivity index (χ4v) is 4.89. The molecule has 2 heterocycles. The summed E-state index contributed by atoms with van der Waals surface area (Å²) in [6.45, 7) is 4.34. The highest BCUT2D eigenvalue weighted by atomic mass is 16.5. The first-order chi connectivity index (χ1) is 18.0. The number of anilines is 1. The summed E-state index contributed by atoms with van der Waals surface area (Å²) in [6.07, 6.45) is 0. The van der Waals surface area contributed by atoms with Crippen molar-refractivity contribution < 1.29 is 13.9 Å². The Hall–Kier alpha value is -4.64. The number of nitrogens with zero attached hydrogens (tertiary/aromatic N) is 1. The molecule has 0 aliphatic carbocycles. The molecule has 5 aromatic rings. The first kappa shape index (κ1) is 22.8. The van der Waals surface area contributed by atoms with Gasteiger partial charge in [0.2, 0.25) is 5.76 Å². The Morgan fingerprint density at radius 1 is 0.811 bits per heavy atom. The van der Waals surface area contributed by atoms with Crippen LogP contribution in [0.2, 0.25) is 0 Å². The molecule has 1 aliphatic rings. The van der Waals surface area contributed by atoms with E-state index < -0.39 is 6.04 Å². The smallest absolute Gasteiger partial charge is 0.295 e. The number of fused-ring (bicyclic) bond motifs is 2. The van der Waals surface area contributed by atoms with Crippen molar-refractivity contribution in [2.24, 2.45) is 0 Å². The maximum absolute atomic E-state index is 13.9. The normalized spacial score (nSPS) is 14.7. The molecule has 37 heavy (non-hydrogen) atoms. The van der Waals surface area contributed by atoms with Gasteiger partial charge in [0, 0.05) is 5.69 Å². The zero-order chi connectivity index (χ0) is 25.5. The van der Waals surface area contributed by atoms with Gasteiger partial charge < -0.3 is 9.15 Å². The van der Waals surface area contributed by atoms with Gasteiger partial charge in [0.1, 0.15) is 17.9 Å². The summed E-state index contributed by atoms with van der Waals surface area (Å²) in [6, 6.07) is 30.0. The molecule has 5 nitrogen and oxygen atoms in total. The van der Waals surface area contributed by atoms with Gasteiger partial charge >= 0.3 is 0 Å². The lowest BCUT2D eigenvalue weighted by atomic mass is 9.97. The van der Waals surface area contributed by atoms with E-state index in [2.05, 4.69) is 0 Å². The van der Waals surface area contributed by atoms with Crippen molar-refractivity contribution in [3.05, 3.63) is 141 Å². The second kappa shape index (κ2) is 9.10. The van der Waals surface area contributed by atoms with Gasteiger partial charge in [-0.2, -0.15) is 0 Å². The summed E-state index contributed by atoms with van der Waals surface area (Å²) in [5, 5.41) is 0.471. The second-order valence-corrected chi connectivity index (χ2v) is 9.43. The van der Waals surface area contributed by atoms with Crippen LogP contribution in [-0.2, 0) is 6.61 Å². The van der Waals surface area contributed by atoms with Crippen LogP contribution in [0, 0.1) is 13.8 Å². The van der Waals surface area contributed by atoms with E-state index in [1.165, 1.54) is 0 Å². The standard InChI is InChI=1S/C32H25NO4/c1-20-11-14-24(15-12-20)33-29(23-9-6-10-25(18-23)36-19-22-7-4-3-5-8-22)28-30(34)26-17-21(2)13-16-27(26)37-31(28)32(33)35/h3-18,29H,19H2,1-2H3. The van der Waals surface area contributed by atoms with E-state index in [0.717, 1.165) is 22.3 Å². The summed E-state index contributed by atoms with van der Waals surface area (Å²) in [5.74, 6) is 0.411. The zero-order valence-electron chi connectivity index (χ0n) is 20.6. The number of ether oxygens (including phenoxy) is 1. The van der Waals surface area contributed by atoms with Crippen LogP contribution in [-0.4, -0.2) is 5.91 Å². The van der Waals surface area contributed by atoms with E-state index >= 15 is 0 Å². The van der Waals surface area contributed by atoms with Crippen molar-refractivity contribution in [1.82, 2.24) is 0 Å². The van der Waals surface area contributed by atoms with Crippen molar-refractivity contribution in [2.75, 3.05) is 4.90 Å². The molecule has 0 radical (unpaired) electrons. The van der Waals surface area contributed by atoms with E-state index in [4.69, 9.17) is 9.15 Å². The molecule has 1 amide bonds. The predicted molar refractivity (Wildman–Crippen MR) is 144 cm³/mol. The predicted octanol–water partition coefficient (Wildman–Crippen LogP) is 6.74.